The third-order valence-electron chi connectivity index (χ3n) is 5.79. The Morgan fingerprint density at radius 3 is 2.71 bits per heavy atom. The highest BCUT2D eigenvalue weighted by Gasteiger charge is 2.26. The van der Waals surface area contributed by atoms with Gasteiger partial charge in [0.25, 0.3) is 0 Å². The molecule has 2 N–H and O–H groups in total. The number of hydrogen-bond donors (Lipinski definition) is 2. The molecular formula is C23H21NO4. The van der Waals surface area contributed by atoms with E-state index in [9.17, 15) is 9.90 Å². The molecule has 1 aliphatic rings. The zero-order valence-corrected chi connectivity index (χ0v) is 16.0. The van der Waals surface area contributed by atoms with Gasteiger partial charge in [-0.1, -0.05) is 24.3 Å². The second kappa shape index (κ2) is 5.97. The highest BCUT2D eigenvalue weighted by molar-refractivity contribution is 6.21. The van der Waals surface area contributed by atoms with Crippen LogP contribution in [0.2, 0.25) is 0 Å². The number of nitrogens with one attached hydrogen (secondary N) is 1. The maximum Gasteiger partial charge on any atom is 0.344 e. The summed E-state index contributed by atoms with van der Waals surface area (Å²) in [6.45, 7) is 4.25. The van der Waals surface area contributed by atoms with Crippen LogP contribution in [0.5, 0.6) is 11.5 Å². The fourth-order valence-corrected chi connectivity index (χ4v) is 4.69. The first-order chi connectivity index (χ1) is 13.5. The average molecular weight is 375 g/mol. The summed E-state index contributed by atoms with van der Waals surface area (Å²) in [5.74, 6) is 0.577. The van der Waals surface area contributed by atoms with Crippen LogP contribution in [-0.4, -0.2) is 18.3 Å². The standard InChI is InChI=1S/C23H21NO4/c1-11-9-13-7-8-15-20-14-5-4-6-17(25)21(14)18(27-3)10-16(20)23(26)28-22(15)19(13)12(2)24-11/h4-8,10-12,24-25H,9H2,1-3H3/t11-,12?/m1/s1. The molecule has 5 heteroatoms. The van der Waals surface area contributed by atoms with Gasteiger partial charge in [-0.05, 0) is 43.4 Å². The van der Waals surface area contributed by atoms with E-state index >= 15 is 0 Å². The Kier molecular flexibility index (Phi) is 3.64. The molecule has 0 amide bonds. The molecule has 4 aromatic rings. The molecule has 0 saturated heterocycles. The van der Waals surface area contributed by atoms with Crippen molar-refractivity contribution in [2.45, 2.75) is 32.4 Å². The minimum atomic E-state index is -0.398. The largest absolute Gasteiger partial charge is 0.507 e. The number of rotatable bonds is 1. The van der Waals surface area contributed by atoms with E-state index in [1.165, 1.54) is 12.7 Å². The number of aromatic hydroxyl groups is 1. The first-order valence-electron chi connectivity index (χ1n) is 9.46. The van der Waals surface area contributed by atoms with E-state index in [2.05, 4.69) is 25.2 Å². The Bertz CT molecular complexity index is 1320. The number of ether oxygens (including phenoxy) is 1. The molecule has 28 heavy (non-hydrogen) atoms. The summed E-state index contributed by atoms with van der Waals surface area (Å²) in [7, 11) is 1.53. The van der Waals surface area contributed by atoms with Crippen molar-refractivity contribution in [1.82, 2.24) is 5.32 Å². The predicted molar refractivity (Wildman–Crippen MR) is 110 cm³/mol. The summed E-state index contributed by atoms with van der Waals surface area (Å²) in [5.41, 5.74) is 2.47. The van der Waals surface area contributed by atoms with Crippen molar-refractivity contribution in [2.24, 2.45) is 0 Å². The van der Waals surface area contributed by atoms with Crippen LogP contribution in [0.1, 0.15) is 31.0 Å². The number of phenols is 1. The maximum absolute atomic E-state index is 12.9. The van der Waals surface area contributed by atoms with Crippen molar-refractivity contribution in [2.75, 3.05) is 7.11 Å². The summed E-state index contributed by atoms with van der Waals surface area (Å²) in [6, 6.07) is 11.6. The number of benzene rings is 3. The minimum Gasteiger partial charge on any atom is -0.507 e. The van der Waals surface area contributed by atoms with Crippen LogP contribution in [0.15, 0.2) is 45.6 Å². The highest BCUT2D eigenvalue weighted by Crippen LogP contribution is 2.42. The van der Waals surface area contributed by atoms with Gasteiger partial charge in [0.2, 0.25) is 0 Å². The lowest BCUT2D eigenvalue weighted by Gasteiger charge is -2.29. The number of fused-ring (bicyclic) bond motifs is 7. The summed E-state index contributed by atoms with van der Waals surface area (Å²) in [4.78, 5) is 12.9. The third-order valence-corrected chi connectivity index (χ3v) is 5.79. The van der Waals surface area contributed by atoms with Gasteiger partial charge in [0.15, 0.2) is 0 Å². The van der Waals surface area contributed by atoms with E-state index in [0.717, 1.165) is 28.1 Å². The fourth-order valence-electron chi connectivity index (χ4n) is 4.69. The van der Waals surface area contributed by atoms with E-state index in [-0.39, 0.29) is 11.8 Å². The van der Waals surface area contributed by atoms with Crippen molar-refractivity contribution in [1.29, 1.82) is 0 Å². The van der Waals surface area contributed by atoms with Gasteiger partial charge in [0.1, 0.15) is 17.1 Å². The molecule has 0 spiro atoms. The van der Waals surface area contributed by atoms with Gasteiger partial charge >= 0.3 is 5.63 Å². The zero-order chi connectivity index (χ0) is 19.6. The van der Waals surface area contributed by atoms with E-state index in [1.807, 2.05) is 12.1 Å². The first-order valence-corrected chi connectivity index (χ1v) is 9.46. The van der Waals surface area contributed by atoms with Crippen LogP contribution in [0, 0.1) is 0 Å². The molecule has 0 bridgehead atoms. The predicted octanol–water partition coefficient (Wildman–Crippen LogP) is 4.41. The zero-order valence-electron chi connectivity index (χ0n) is 16.0. The Morgan fingerprint density at radius 2 is 1.93 bits per heavy atom. The molecule has 5 nitrogen and oxygen atoms in total. The molecule has 0 fully saturated rings. The molecule has 2 atom stereocenters. The molecule has 1 aliphatic heterocycles. The molecule has 1 aromatic heterocycles. The molecule has 3 aromatic carbocycles. The fraction of sp³-hybridized carbons (Fsp3) is 0.261. The number of hydrogen-bond acceptors (Lipinski definition) is 5. The van der Waals surface area contributed by atoms with Crippen molar-refractivity contribution >= 4 is 32.5 Å². The first kappa shape index (κ1) is 17.1. The van der Waals surface area contributed by atoms with Crippen LogP contribution >= 0.6 is 0 Å². The van der Waals surface area contributed by atoms with Gasteiger partial charge in [-0.3, -0.25) is 0 Å². The van der Waals surface area contributed by atoms with Crippen LogP contribution in [-0.2, 0) is 6.42 Å². The number of phenolic OH excluding ortho intramolecular Hbond substituents is 1. The Morgan fingerprint density at radius 1 is 1.11 bits per heavy atom. The van der Waals surface area contributed by atoms with Gasteiger partial charge in [0, 0.05) is 28.4 Å². The smallest absolute Gasteiger partial charge is 0.344 e. The summed E-state index contributed by atoms with van der Waals surface area (Å²) in [6.07, 6.45) is 0.890. The second-order valence-corrected chi connectivity index (χ2v) is 7.60. The van der Waals surface area contributed by atoms with E-state index in [4.69, 9.17) is 9.15 Å². The monoisotopic (exact) mass is 375 g/mol. The third kappa shape index (κ3) is 2.26. The van der Waals surface area contributed by atoms with Gasteiger partial charge < -0.3 is 19.6 Å². The minimum absolute atomic E-state index is 0.0842. The molecule has 1 unspecified atom stereocenters. The van der Waals surface area contributed by atoms with E-state index < -0.39 is 5.63 Å². The van der Waals surface area contributed by atoms with E-state index in [0.29, 0.717) is 28.1 Å². The molecule has 142 valence electrons. The van der Waals surface area contributed by atoms with Crippen molar-refractivity contribution in [3.8, 4) is 11.5 Å². The van der Waals surface area contributed by atoms with Gasteiger partial charge in [-0.25, -0.2) is 4.79 Å². The SMILES string of the molecule is COc1cc2c(=O)oc3c4c(ccc3c2c2cccc(O)c12)C[C@@H](C)NC4C. The van der Waals surface area contributed by atoms with Gasteiger partial charge in [0.05, 0.1) is 17.9 Å². The van der Waals surface area contributed by atoms with Crippen LogP contribution in [0.25, 0.3) is 32.5 Å². The van der Waals surface area contributed by atoms with E-state index in [1.54, 1.807) is 18.2 Å². The summed E-state index contributed by atoms with van der Waals surface area (Å²) >= 11 is 0. The Labute approximate surface area is 161 Å². The lowest BCUT2D eigenvalue weighted by molar-refractivity contribution is 0.416. The van der Waals surface area contributed by atoms with Crippen molar-refractivity contribution in [3.05, 3.63) is 57.9 Å². The number of methoxy groups -OCH3 is 1. The van der Waals surface area contributed by atoms with Crippen LogP contribution < -0.4 is 15.7 Å². The Balaban J connectivity index is 2.03. The average Bonchev–Trinajstić information content (AvgIpc) is 2.66. The van der Waals surface area contributed by atoms with Gasteiger partial charge in [-0.2, -0.15) is 0 Å². The summed E-state index contributed by atoms with van der Waals surface area (Å²) in [5, 5.41) is 17.5. The van der Waals surface area contributed by atoms with Crippen molar-refractivity contribution in [3.63, 3.8) is 0 Å². The quantitative estimate of drug-likeness (QED) is 0.381. The lowest BCUT2D eigenvalue weighted by Crippen LogP contribution is -2.36. The second-order valence-electron chi connectivity index (χ2n) is 7.60. The normalized spacial score (nSPS) is 19.2. The van der Waals surface area contributed by atoms with Crippen LogP contribution in [0.4, 0.5) is 0 Å². The molecule has 2 heterocycles. The molecule has 0 radical (unpaired) electrons. The maximum atomic E-state index is 12.9. The van der Waals surface area contributed by atoms with Crippen molar-refractivity contribution < 1.29 is 14.3 Å². The Hall–Kier alpha value is -3.05. The molecule has 0 saturated carbocycles. The molecule has 0 aliphatic carbocycles. The molecular weight excluding hydrogens is 354 g/mol. The topological polar surface area (TPSA) is 71.7 Å². The highest BCUT2D eigenvalue weighted by atomic mass is 16.5. The summed E-state index contributed by atoms with van der Waals surface area (Å²) < 4.78 is 11.3. The molecule has 5 rings (SSSR count). The van der Waals surface area contributed by atoms with Gasteiger partial charge in [-0.15, -0.1) is 0 Å². The lowest BCUT2D eigenvalue weighted by atomic mass is 9.88. The van der Waals surface area contributed by atoms with Crippen LogP contribution in [0.3, 0.4) is 0 Å².